The summed E-state index contributed by atoms with van der Waals surface area (Å²) in [5.41, 5.74) is -3.68. The second kappa shape index (κ2) is 3.30. The molecule has 1 aliphatic heterocycles. The summed E-state index contributed by atoms with van der Waals surface area (Å²) in [6.07, 6.45) is -0.275. The first-order valence-corrected chi connectivity index (χ1v) is 5.69. The molecule has 2 heterocycles. The maximum Gasteiger partial charge on any atom is 0.330 e. The fourth-order valence-corrected chi connectivity index (χ4v) is 2.80. The number of aliphatic hydroxyl groups excluding tert-OH is 1. The third-order valence-electron chi connectivity index (χ3n) is 4.11. The lowest BCUT2D eigenvalue weighted by Gasteiger charge is -2.20. The fraction of sp³-hybridized carbons (Fsp3) is 0.636. The molecule has 2 fully saturated rings. The average molecular weight is 256 g/mol. The maximum atomic E-state index is 14.6. The average Bonchev–Trinajstić information content (AvgIpc) is 2.79. The van der Waals surface area contributed by atoms with Gasteiger partial charge in [-0.2, -0.15) is 0 Å². The van der Waals surface area contributed by atoms with E-state index in [1.165, 1.54) is 6.20 Å². The minimum absolute atomic E-state index is 0.238. The van der Waals surface area contributed by atoms with Crippen molar-refractivity contribution < 1.29 is 14.2 Å². The van der Waals surface area contributed by atoms with E-state index in [9.17, 15) is 19.1 Å². The smallest absolute Gasteiger partial charge is 0.330 e. The number of ether oxygens (including phenoxy) is 1. The van der Waals surface area contributed by atoms with Crippen molar-refractivity contribution in [2.75, 3.05) is 6.61 Å². The molecule has 4 atom stereocenters. The van der Waals surface area contributed by atoms with Gasteiger partial charge >= 0.3 is 5.69 Å². The molecule has 1 saturated heterocycles. The summed E-state index contributed by atoms with van der Waals surface area (Å²) < 4.78 is 21.1. The van der Waals surface area contributed by atoms with Gasteiger partial charge in [-0.3, -0.25) is 14.3 Å². The number of nitrogens with one attached hydrogen (secondary N) is 1. The minimum Gasteiger partial charge on any atom is -0.394 e. The van der Waals surface area contributed by atoms with Crippen molar-refractivity contribution in [1.29, 1.82) is 0 Å². The van der Waals surface area contributed by atoms with Crippen molar-refractivity contribution in [2.45, 2.75) is 31.3 Å². The molecule has 2 N–H and O–H groups in total. The molecule has 2 unspecified atom stereocenters. The van der Waals surface area contributed by atoms with Crippen LogP contribution in [0.5, 0.6) is 0 Å². The molecule has 6 nitrogen and oxygen atoms in total. The number of hydrogen-bond acceptors (Lipinski definition) is 4. The lowest BCUT2D eigenvalue weighted by atomic mass is 10.0. The van der Waals surface area contributed by atoms with Crippen LogP contribution in [0, 0.1) is 5.41 Å². The number of nitrogens with zero attached hydrogens (tertiary/aromatic N) is 1. The van der Waals surface area contributed by atoms with Gasteiger partial charge in [-0.1, -0.05) is 6.92 Å². The van der Waals surface area contributed by atoms with Crippen LogP contribution >= 0.6 is 0 Å². The van der Waals surface area contributed by atoms with Crippen LogP contribution in [0.4, 0.5) is 4.39 Å². The Morgan fingerprint density at radius 3 is 2.94 bits per heavy atom. The third-order valence-corrected chi connectivity index (χ3v) is 4.11. The molecule has 0 amide bonds. The maximum absolute atomic E-state index is 14.6. The summed E-state index contributed by atoms with van der Waals surface area (Å²) in [6.45, 7) is 1.39. The molecule has 0 aromatic carbocycles. The highest BCUT2D eigenvalue weighted by Gasteiger charge is 2.79. The van der Waals surface area contributed by atoms with Crippen molar-refractivity contribution in [3.05, 3.63) is 33.1 Å². The van der Waals surface area contributed by atoms with Crippen LogP contribution in [0.15, 0.2) is 21.9 Å². The van der Waals surface area contributed by atoms with E-state index in [1.807, 2.05) is 0 Å². The van der Waals surface area contributed by atoms with E-state index in [1.54, 1.807) is 6.92 Å². The Morgan fingerprint density at radius 1 is 1.67 bits per heavy atom. The van der Waals surface area contributed by atoms with Gasteiger partial charge in [-0.15, -0.1) is 0 Å². The summed E-state index contributed by atoms with van der Waals surface area (Å²) >= 11 is 0. The Kier molecular flexibility index (Phi) is 2.13. The zero-order valence-corrected chi connectivity index (χ0v) is 9.72. The van der Waals surface area contributed by atoms with Crippen LogP contribution in [0.2, 0.25) is 0 Å². The standard InChI is InChI=1S/C11H13FN2O4/c1-10-5-11(10,12)8(18-6(10)4-15)14-3-2-7(16)13-9(14)17/h2-3,6,8,15H,4-5H2,1H3,(H,13,16,17)/t6-,8?,10?,11+/m1/s1. The van der Waals surface area contributed by atoms with Crippen LogP contribution < -0.4 is 11.2 Å². The highest BCUT2D eigenvalue weighted by Crippen LogP contribution is 2.71. The van der Waals surface area contributed by atoms with Gasteiger partial charge in [0, 0.05) is 17.7 Å². The number of hydrogen-bond donors (Lipinski definition) is 2. The van der Waals surface area contributed by atoms with Gasteiger partial charge in [0.05, 0.1) is 12.7 Å². The predicted octanol–water partition coefficient (Wildman–Crippen LogP) is -0.455. The van der Waals surface area contributed by atoms with Crippen LogP contribution in [0.3, 0.4) is 0 Å². The predicted molar refractivity (Wildman–Crippen MR) is 58.9 cm³/mol. The topological polar surface area (TPSA) is 84.3 Å². The molecular weight excluding hydrogens is 243 g/mol. The lowest BCUT2D eigenvalue weighted by Crippen LogP contribution is -2.36. The monoisotopic (exact) mass is 256 g/mol. The van der Waals surface area contributed by atoms with Crippen molar-refractivity contribution in [2.24, 2.45) is 5.41 Å². The molecule has 3 rings (SSSR count). The number of aromatic nitrogens is 2. The van der Waals surface area contributed by atoms with Crippen molar-refractivity contribution in [3.8, 4) is 0 Å². The van der Waals surface area contributed by atoms with Gasteiger partial charge in [0.25, 0.3) is 5.56 Å². The summed E-state index contributed by atoms with van der Waals surface area (Å²) in [5, 5.41) is 9.18. The van der Waals surface area contributed by atoms with Gasteiger partial charge in [-0.25, -0.2) is 9.18 Å². The zero-order valence-electron chi connectivity index (χ0n) is 9.72. The Labute approximate surface area is 101 Å². The molecule has 98 valence electrons. The van der Waals surface area contributed by atoms with E-state index in [-0.39, 0.29) is 13.0 Å². The van der Waals surface area contributed by atoms with Gasteiger partial charge in [0.15, 0.2) is 11.9 Å². The van der Waals surface area contributed by atoms with E-state index >= 15 is 0 Å². The van der Waals surface area contributed by atoms with Crippen molar-refractivity contribution in [3.63, 3.8) is 0 Å². The fourth-order valence-electron chi connectivity index (χ4n) is 2.80. The molecule has 18 heavy (non-hydrogen) atoms. The molecule has 0 spiro atoms. The highest BCUT2D eigenvalue weighted by molar-refractivity contribution is 5.24. The van der Waals surface area contributed by atoms with Gasteiger partial charge in [-0.05, 0) is 6.42 Å². The van der Waals surface area contributed by atoms with E-state index in [2.05, 4.69) is 4.98 Å². The zero-order chi connectivity index (χ0) is 13.1. The van der Waals surface area contributed by atoms with Crippen LogP contribution in [-0.4, -0.2) is 33.0 Å². The van der Waals surface area contributed by atoms with Crippen LogP contribution in [0.1, 0.15) is 19.6 Å². The Bertz CT molecular complexity index is 612. The molecule has 1 aromatic rings. The summed E-state index contributed by atoms with van der Waals surface area (Å²) in [5.74, 6) is 0. The number of aromatic amines is 1. The molecule has 0 bridgehead atoms. The molecule has 0 radical (unpaired) electrons. The Hall–Kier alpha value is -1.47. The number of H-pyrrole nitrogens is 1. The SMILES string of the molecule is CC12C[C@]1(F)C(n1ccc(=O)[nH]c1=O)O[C@@H]2CO. The summed E-state index contributed by atoms with van der Waals surface area (Å²) in [7, 11) is 0. The summed E-state index contributed by atoms with van der Waals surface area (Å²) in [4.78, 5) is 24.7. The second-order valence-electron chi connectivity index (χ2n) is 5.13. The molecule has 2 aliphatic rings. The number of rotatable bonds is 2. The van der Waals surface area contributed by atoms with Gasteiger partial charge in [0.2, 0.25) is 0 Å². The highest BCUT2D eigenvalue weighted by atomic mass is 19.1. The Balaban J connectivity index is 2.04. The largest absolute Gasteiger partial charge is 0.394 e. The molecule has 1 aliphatic carbocycles. The van der Waals surface area contributed by atoms with Crippen LogP contribution in [-0.2, 0) is 4.74 Å². The quantitative estimate of drug-likeness (QED) is 0.750. The first-order valence-electron chi connectivity index (χ1n) is 5.69. The van der Waals surface area contributed by atoms with E-state index < -0.39 is 34.7 Å². The first kappa shape index (κ1) is 11.6. The Morgan fingerprint density at radius 2 is 2.39 bits per heavy atom. The molecule has 7 heteroatoms. The molecule has 1 aromatic heterocycles. The number of alkyl halides is 1. The molecule has 1 saturated carbocycles. The third kappa shape index (κ3) is 1.23. The molecular formula is C11H13FN2O4. The normalized spacial score (nSPS) is 41.7. The summed E-state index contributed by atoms with van der Waals surface area (Å²) in [6, 6.07) is 1.14. The van der Waals surface area contributed by atoms with Gasteiger partial charge in [0.1, 0.15) is 0 Å². The first-order chi connectivity index (χ1) is 8.42. The van der Waals surface area contributed by atoms with E-state index in [0.717, 1.165) is 10.6 Å². The lowest BCUT2D eigenvalue weighted by molar-refractivity contribution is -0.0765. The number of halogens is 1. The number of aliphatic hydroxyl groups is 1. The number of fused-ring (bicyclic) bond motifs is 1. The minimum atomic E-state index is -1.66. The van der Waals surface area contributed by atoms with Crippen molar-refractivity contribution in [1.82, 2.24) is 9.55 Å². The van der Waals surface area contributed by atoms with Crippen molar-refractivity contribution >= 4 is 0 Å². The van der Waals surface area contributed by atoms with E-state index in [0.29, 0.717) is 0 Å². The van der Waals surface area contributed by atoms with Gasteiger partial charge < -0.3 is 9.84 Å². The van der Waals surface area contributed by atoms with E-state index in [4.69, 9.17) is 4.74 Å². The van der Waals surface area contributed by atoms with Crippen LogP contribution in [0.25, 0.3) is 0 Å². The second-order valence-corrected chi connectivity index (χ2v) is 5.13.